The molecule has 0 amide bonds. The molecule has 0 bridgehead atoms. The van der Waals surface area contributed by atoms with Crippen molar-refractivity contribution in [1.82, 2.24) is 19.7 Å². The number of aromatic nitrogens is 4. The smallest absolute Gasteiger partial charge is 0.352 e. The molecular weight excluding hydrogens is 423 g/mol. The average molecular weight is 445 g/mol. The van der Waals surface area contributed by atoms with Crippen molar-refractivity contribution in [3.05, 3.63) is 32.3 Å². The highest BCUT2D eigenvalue weighted by molar-refractivity contribution is 6.33. The number of nitro groups is 1. The van der Waals surface area contributed by atoms with Gasteiger partial charge >= 0.3 is 11.6 Å². The summed E-state index contributed by atoms with van der Waals surface area (Å²) in [6, 6.07) is 0.00115. The van der Waals surface area contributed by atoms with E-state index in [1.165, 1.54) is 6.20 Å². The molecule has 1 aliphatic heterocycles. The Labute approximate surface area is 177 Å². The molecule has 0 aromatic carbocycles. The Kier molecular flexibility index (Phi) is 7.09. The van der Waals surface area contributed by atoms with E-state index < -0.39 is 4.92 Å². The van der Waals surface area contributed by atoms with Gasteiger partial charge in [-0.05, 0) is 38.3 Å². The summed E-state index contributed by atoms with van der Waals surface area (Å²) in [6.45, 7) is 5.07. The van der Waals surface area contributed by atoms with Crippen LogP contribution in [0.4, 0.5) is 11.5 Å². The summed E-state index contributed by atoms with van der Waals surface area (Å²) in [5.41, 5.74) is 0.396. The molecule has 2 aromatic rings. The number of anilines is 1. The predicted molar refractivity (Wildman–Crippen MR) is 108 cm³/mol. The van der Waals surface area contributed by atoms with Gasteiger partial charge in [0.2, 0.25) is 5.28 Å². The van der Waals surface area contributed by atoms with Gasteiger partial charge < -0.3 is 14.8 Å². The molecule has 12 heteroatoms. The van der Waals surface area contributed by atoms with Crippen molar-refractivity contribution in [3.8, 4) is 5.88 Å². The first kappa shape index (κ1) is 21.5. The minimum Gasteiger partial charge on any atom is -0.472 e. The highest BCUT2D eigenvalue weighted by Gasteiger charge is 2.30. The Morgan fingerprint density at radius 2 is 2.17 bits per heavy atom. The van der Waals surface area contributed by atoms with Gasteiger partial charge in [-0.2, -0.15) is 4.98 Å². The van der Waals surface area contributed by atoms with Gasteiger partial charge in [0.25, 0.3) is 0 Å². The first-order valence-electron chi connectivity index (χ1n) is 9.25. The third kappa shape index (κ3) is 5.26. The lowest BCUT2D eigenvalue weighted by Crippen LogP contribution is -2.21. The van der Waals surface area contributed by atoms with Crippen LogP contribution in [0.3, 0.4) is 0 Å². The van der Waals surface area contributed by atoms with Crippen molar-refractivity contribution in [1.29, 1.82) is 0 Å². The Morgan fingerprint density at radius 3 is 2.86 bits per heavy atom. The zero-order valence-corrected chi connectivity index (χ0v) is 17.6. The van der Waals surface area contributed by atoms with Crippen LogP contribution in [0.15, 0.2) is 6.20 Å². The van der Waals surface area contributed by atoms with E-state index in [9.17, 15) is 10.1 Å². The SMILES string of the molecule is Cc1c([N+](=O)[O-])c(OCCC(C)Nc2nc(Cl)ncc2Cl)nn1C1CCOCC1. The Bertz CT molecular complexity index is 872. The third-order valence-corrected chi connectivity index (χ3v) is 5.15. The van der Waals surface area contributed by atoms with Gasteiger partial charge in [-0.3, -0.25) is 14.8 Å². The lowest BCUT2D eigenvalue weighted by molar-refractivity contribution is -0.386. The molecule has 2 aromatic heterocycles. The fourth-order valence-electron chi connectivity index (χ4n) is 3.16. The molecular formula is C17H22Cl2N6O4. The molecule has 29 heavy (non-hydrogen) atoms. The zero-order chi connectivity index (χ0) is 21.0. The maximum Gasteiger partial charge on any atom is 0.352 e. The number of halogens is 2. The molecule has 0 spiro atoms. The molecule has 0 saturated carbocycles. The van der Waals surface area contributed by atoms with Crippen LogP contribution in [-0.2, 0) is 4.74 Å². The molecule has 1 unspecified atom stereocenters. The van der Waals surface area contributed by atoms with E-state index in [0.29, 0.717) is 36.2 Å². The van der Waals surface area contributed by atoms with Gasteiger partial charge in [0.15, 0.2) is 0 Å². The topological polar surface area (TPSA) is 117 Å². The van der Waals surface area contributed by atoms with Crippen LogP contribution in [0.2, 0.25) is 10.3 Å². The molecule has 1 aliphatic rings. The Balaban J connectivity index is 1.63. The van der Waals surface area contributed by atoms with Crippen molar-refractivity contribution >= 4 is 34.7 Å². The van der Waals surface area contributed by atoms with E-state index in [1.54, 1.807) is 11.6 Å². The molecule has 1 saturated heterocycles. The van der Waals surface area contributed by atoms with Crippen molar-refractivity contribution in [2.24, 2.45) is 0 Å². The predicted octanol–water partition coefficient (Wildman–Crippen LogP) is 3.82. The van der Waals surface area contributed by atoms with Crippen molar-refractivity contribution in [2.45, 2.75) is 45.2 Å². The summed E-state index contributed by atoms with van der Waals surface area (Å²) in [4.78, 5) is 18.9. The summed E-state index contributed by atoms with van der Waals surface area (Å²) in [5.74, 6) is 0.457. The van der Waals surface area contributed by atoms with Crippen molar-refractivity contribution < 1.29 is 14.4 Å². The largest absolute Gasteiger partial charge is 0.472 e. The van der Waals surface area contributed by atoms with Gasteiger partial charge in [-0.15, -0.1) is 5.10 Å². The van der Waals surface area contributed by atoms with Gasteiger partial charge in [-0.25, -0.2) is 4.98 Å². The first-order chi connectivity index (χ1) is 13.9. The molecule has 10 nitrogen and oxygen atoms in total. The summed E-state index contributed by atoms with van der Waals surface area (Å²) in [7, 11) is 0. The molecule has 1 fully saturated rings. The lowest BCUT2D eigenvalue weighted by Gasteiger charge is -2.22. The highest BCUT2D eigenvalue weighted by atomic mass is 35.5. The monoisotopic (exact) mass is 444 g/mol. The third-order valence-electron chi connectivity index (χ3n) is 4.69. The van der Waals surface area contributed by atoms with Crippen LogP contribution in [0.1, 0.15) is 37.9 Å². The zero-order valence-electron chi connectivity index (χ0n) is 16.1. The number of hydrogen-bond donors (Lipinski definition) is 1. The molecule has 3 heterocycles. The van der Waals surface area contributed by atoms with Crippen molar-refractivity contribution in [3.63, 3.8) is 0 Å². The van der Waals surface area contributed by atoms with Crippen LogP contribution in [0, 0.1) is 17.0 Å². The minimum absolute atomic E-state index is 0.0364. The second-order valence-electron chi connectivity index (χ2n) is 6.80. The summed E-state index contributed by atoms with van der Waals surface area (Å²) in [6.07, 6.45) is 3.49. The van der Waals surface area contributed by atoms with E-state index in [2.05, 4.69) is 20.4 Å². The van der Waals surface area contributed by atoms with E-state index >= 15 is 0 Å². The van der Waals surface area contributed by atoms with Crippen LogP contribution in [0.5, 0.6) is 5.88 Å². The number of nitrogens with zero attached hydrogens (tertiary/aromatic N) is 5. The molecule has 158 valence electrons. The second-order valence-corrected chi connectivity index (χ2v) is 7.55. The number of nitrogens with one attached hydrogen (secondary N) is 1. The number of hydrogen-bond acceptors (Lipinski definition) is 8. The van der Waals surface area contributed by atoms with E-state index in [0.717, 1.165) is 12.8 Å². The molecule has 3 rings (SSSR count). The van der Waals surface area contributed by atoms with Gasteiger partial charge in [0.1, 0.15) is 16.5 Å². The van der Waals surface area contributed by atoms with Gasteiger partial charge in [0.05, 0.1) is 23.8 Å². The van der Waals surface area contributed by atoms with E-state index in [1.807, 2.05) is 6.92 Å². The van der Waals surface area contributed by atoms with E-state index in [-0.39, 0.29) is 35.5 Å². The standard InChI is InChI=1S/C17H22Cl2N6O4/c1-10(21-15-13(18)9-20-17(19)22-15)3-8-29-16-14(25(26)27)11(2)24(23-16)12-4-6-28-7-5-12/h9-10,12H,3-8H2,1-2H3,(H,20,21,22). The fraction of sp³-hybridized carbons (Fsp3) is 0.588. The van der Waals surface area contributed by atoms with E-state index in [4.69, 9.17) is 32.7 Å². The van der Waals surface area contributed by atoms with Gasteiger partial charge in [-0.1, -0.05) is 11.6 Å². The number of rotatable bonds is 8. The van der Waals surface area contributed by atoms with Crippen LogP contribution in [0.25, 0.3) is 0 Å². The highest BCUT2D eigenvalue weighted by Crippen LogP contribution is 2.34. The fourth-order valence-corrected chi connectivity index (χ4v) is 3.44. The Morgan fingerprint density at radius 1 is 1.45 bits per heavy atom. The van der Waals surface area contributed by atoms with Crippen LogP contribution < -0.4 is 10.1 Å². The molecule has 0 aliphatic carbocycles. The molecule has 0 radical (unpaired) electrons. The summed E-state index contributed by atoms with van der Waals surface area (Å²) < 4.78 is 12.7. The average Bonchev–Trinajstić information content (AvgIpc) is 3.02. The molecule has 1 N–H and O–H groups in total. The second kappa shape index (κ2) is 9.55. The Hall–Kier alpha value is -2.17. The first-order valence-corrected chi connectivity index (χ1v) is 10.0. The maximum atomic E-state index is 11.5. The van der Waals surface area contributed by atoms with Crippen LogP contribution >= 0.6 is 23.2 Å². The molecule has 1 atom stereocenters. The van der Waals surface area contributed by atoms with Crippen LogP contribution in [-0.4, -0.2) is 50.5 Å². The maximum absolute atomic E-state index is 11.5. The minimum atomic E-state index is -0.447. The summed E-state index contributed by atoms with van der Waals surface area (Å²) >= 11 is 11.8. The normalized spacial score (nSPS) is 15.9. The summed E-state index contributed by atoms with van der Waals surface area (Å²) in [5, 5.41) is 19.5. The van der Waals surface area contributed by atoms with Gasteiger partial charge in [0, 0.05) is 25.7 Å². The van der Waals surface area contributed by atoms with Crippen molar-refractivity contribution in [2.75, 3.05) is 25.1 Å². The quantitative estimate of drug-likeness (QED) is 0.370. The number of ether oxygens (including phenoxy) is 2. The lowest BCUT2D eigenvalue weighted by atomic mass is 10.1.